The number of aliphatic hydroxyl groups excluding tert-OH is 1. The maximum absolute atomic E-state index is 7.88. The van der Waals surface area contributed by atoms with Gasteiger partial charge in [-0.3, -0.25) is 0 Å². The number of ether oxygens (including phenoxy) is 2. The van der Waals surface area contributed by atoms with Gasteiger partial charge in [0.25, 0.3) is 0 Å². The van der Waals surface area contributed by atoms with Crippen LogP contribution in [0.3, 0.4) is 0 Å². The van der Waals surface area contributed by atoms with E-state index in [1.165, 1.54) is 12.8 Å². The molecule has 1 atom stereocenters. The summed E-state index contributed by atoms with van der Waals surface area (Å²) in [6.45, 7) is 9.18. The number of aliphatic hydroxyl groups is 1. The van der Waals surface area contributed by atoms with E-state index >= 15 is 0 Å². The summed E-state index contributed by atoms with van der Waals surface area (Å²) in [7, 11) is 1.70. The number of unbranched alkanes of at least 4 members (excludes halogenated alkanes) is 1. The van der Waals surface area contributed by atoms with Crippen LogP contribution in [0.5, 0.6) is 5.75 Å². The highest BCUT2D eigenvalue weighted by atomic mass is 35.5. The Morgan fingerprint density at radius 3 is 2.38 bits per heavy atom. The van der Waals surface area contributed by atoms with Crippen molar-refractivity contribution in [2.45, 2.75) is 59.7 Å². The maximum atomic E-state index is 7.88. The number of halogens is 1. The van der Waals surface area contributed by atoms with E-state index in [-0.39, 0.29) is 6.10 Å². The van der Waals surface area contributed by atoms with E-state index in [0.717, 1.165) is 40.2 Å². The first-order chi connectivity index (χ1) is 15.5. The zero-order valence-electron chi connectivity index (χ0n) is 19.9. The predicted octanol–water partition coefficient (Wildman–Crippen LogP) is 7.26. The number of para-hydroxylation sites is 1. The van der Waals surface area contributed by atoms with E-state index in [0.29, 0.717) is 18.2 Å². The van der Waals surface area contributed by atoms with Gasteiger partial charge in [-0.15, -0.1) is 0 Å². The first-order valence-electron chi connectivity index (χ1n) is 11.3. The summed E-state index contributed by atoms with van der Waals surface area (Å²) in [4.78, 5) is 0. The van der Waals surface area contributed by atoms with Crippen LogP contribution in [0.4, 0.5) is 0 Å². The minimum absolute atomic E-state index is 0.228. The molecule has 1 unspecified atom stereocenters. The van der Waals surface area contributed by atoms with Crippen molar-refractivity contribution in [2.24, 2.45) is 0 Å². The number of aromatic nitrogens is 1. The van der Waals surface area contributed by atoms with Gasteiger partial charge in [-0.25, -0.2) is 0 Å². The van der Waals surface area contributed by atoms with E-state index in [4.69, 9.17) is 26.2 Å². The Balaban J connectivity index is 0.000000395. The third-order valence-corrected chi connectivity index (χ3v) is 5.45. The lowest BCUT2D eigenvalue weighted by Crippen LogP contribution is -2.08. The van der Waals surface area contributed by atoms with Gasteiger partial charge in [0.1, 0.15) is 11.9 Å². The van der Waals surface area contributed by atoms with Gasteiger partial charge in [0.15, 0.2) is 0 Å². The fraction of sp³-hybridized carbons (Fsp3) is 0.407. The van der Waals surface area contributed by atoms with Gasteiger partial charge in [-0.1, -0.05) is 63.4 Å². The fourth-order valence-corrected chi connectivity index (χ4v) is 3.58. The first kappa shape index (κ1) is 26.0. The largest absolute Gasteiger partial charge is 0.496 e. The molecule has 5 heteroatoms. The Hall–Kier alpha value is -2.27. The highest BCUT2D eigenvalue weighted by Gasteiger charge is 2.27. The number of hydrogen-bond acceptors (Lipinski definition) is 3. The van der Waals surface area contributed by atoms with E-state index in [9.17, 15) is 0 Å². The molecule has 32 heavy (non-hydrogen) atoms. The average Bonchev–Trinajstić information content (AvgIpc) is 3.22. The van der Waals surface area contributed by atoms with Gasteiger partial charge in [-0.05, 0) is 49.2 Å². The molecule has 0 radical (unpaired) electrons. The van der Waals surface area contributed by atoms with Crippen molar-refractivity contribution < 1.29 is 14.6 Å². The summed E-state index contributed by atoms with van der Waals surface area (Å²) >= 11 is 6.29. The summed E-state index contributed by atoms with van der Waals surface area (Å²) in [5, 5.41) is 8.57. The van der Waals surface area contributed by atoms with Gasteiger partial charge in [0.05, 0.1) is 19.4 Å². The van der Waals surface area contributed by atoms with Crippen LogP contribution in [0.15, 0.2) is 54.7 Å². The number of rotatable bonds is 4. The van der Waals surface area contributed by atoms with Crippen molar-refractivity contribution in [1.29, 1.82) is 0 Å². The molecular weight excluding hydrogens is 422 g/mol. The second kappa shape index (κ2) is 13.3. The molecule has 2 heterocycles. The van der Waals surface area contributed by atoms with E-state index in [2.05, 4.69) is 36.7 Å². The summed E-state index contributed by atoms with van der Waals surface area (Å²) < 4.78 is 14.1. The minimum atomic E-state index is -0.228. The molecule has 0 amide bonds. The van der Waals surface area contributed by atoms with Gasteiger partial charge < -0.3 is 19.1 Å². The molecule has 0 aliphatic carbocycles. The normalized spacial score (nSPS) is 14.0. The van der Waals surface area contributed by atoms with E-state index in [1.54, 1.807) is 7.11 Å². The van der Waals surface area contributed by atoms with Crippen molar-refractivity contribution in [3.05, 3.63) is 82.1 Å². The smallest absolute Gasteiger partial charge is 0.127 e. The number of aryl methyl sites for hydroxylation is 1. The van der Waals surface area contributed by atoms with Crippen LogP contribution in [-0.2, 0) is 11.3 Å². The molecule has 0 fully saturated rings. The van der Waals surface area contributed by atoms with Crippen molar-refractivity contribution in [2.75, 3.05) is 13.7 Å². The summed E-state index contributed by atoms with van der Waals surface area (Å²) in [6.07, 6.45) is 5.34. The molecule has 1 aromatic heterocycles. The van der Waals surface area contributed by atoms with Crippen LogP contribution in [0.2, 0.25) is 5.02 Å². The van der Waals surface area contributed by atoms with Crippen molar-refractivity contribution in [3.8, 4) is 11.4 Å². The second-order valence-electron chi connectivity index (χ2n) is 7.68. The number of benzene rings is 2. The molecule has 3 aromatic rings. The highest BCUT2D eigenvalue weighted by molar-refractivity contribution is 6.30. The fourth-order valence-electron chi connectivity index (χ4n) is 3.40. The Labute approximate surface area is 197 Å². The van der Waals surface area contributed by atoms with Crippen LogP contribution in [0.1, 0.15) is 68.5 Å². The Morgan fingerprint density at radius 2 is 1.75 bits per heavy atom. The number of nitrogens with zero attached hydrogens (tertiary/aromatic N) is 1. The van der Waals surface area contributed by atoms with E-state index in [1.807, 2.05) is 50.2 Å². The van der Waals surface area contributed by atoms with Gasteiger partial charge in [0.2, 0.25) is 0 Å². The summed E-state index contributed by atoms with van der Waals surface area (Å²) in [5.41, 5.74) is 5.36. The number of methoxy groups -OCH3 is 1. The van der Waals surface area contributed by atoms with Crippen molar-refractivity contribution in [3.63, 3.8) is 0 Å². The molecule has 174 valence electrons. The zero-order chi connectivity index (χ0) is 23.5. The Morgan fingerprint density at radius 1 is 1.03 bits per heavy atom. The molecule has 0 spiro atoms. The standard InChI is InChI=1S/C20H18ClNO2.C4H10.C3H8O/c1-13-5-3-7-16(19(13)23-2)20-17-11-14(21)8-9-18(17)22-10-4-6-15(22)12-24-20;1-3-4-2;1-2-3-4/h3-11,20H,12H2,1-2H3;3-4H2,1-2H3;4H,2-3H2,1H3. The molecule has 0 saturated heterocycles. The third kappa shape index (κ3) is 6.38. The van der Waals surface area contributed by atoms with Crippen LogP contribution >= 0.6 is 11.6 Å². The minimum Gasteiger partial charge on any atom is -0.496 e. The molecule has 0 saturated carbocycles. The molecule has 1 N–H and O–H groups in total. The monoisotopic (exact) mass is 457 g/mol. The average molecular weight is 458 g/mol. The lowest BCUT2D eigenvalue weighted by Gasteiger charge is -2.22. The quantitative estimate of drug-likeness (QED) is 0.448. The van der Waals surface area contributed by atoms with Crippen LogP contribution in [0, 0.1) is 6.92 Å². The molecule has 4 rings (SSSR count). The van der Waals surface area contributed by atoms with E-state index < -0.39 is 0 Å². The summed E-state index contributed by atoms with van der Waals surface area (Å²) in [6, 6.07) is 16.2. The second-order valence-corrected chi connectivity index (χ2v) is 8.12. The predicted molar refractivity (Wildman–Crippen MR) is 133 cm³/mol. The number of fused-ring (bicyclic) bond motifs is 3. The van der Waals surface area contributed by atoms with Crippen molar-refractivity contribution in [1.82, 2.24) is 4.57 Å². The first-order valence-corrected chi connectivity index (χ1v) is 11.7. The molecule has 2 aromatic carbocycles. The number of hydrogen-bond donors (Lipinski definition) is 1. The molecule has 4 nitrogen and oxygen atoms in total. The Bertz CT molecular complexity index is 959. The highest BCUT2D eigenvalue weighted by Crippen LogP contribution is 2.40. The zero-order valence-corrected chi connectivity index (χ0v) is 20.7. The third-order valence-electron chi connectivity index (χ3n) is 5.22. The molecule has 0 bridgehead atoms. The van der Waals surface area contributed by atoms with Crippen LogP contribution in [0.25, 0.3) is 5.69 Å². The SMILES string of the molecule is CCCC.CCCO.COc1c(C)cccc1C1OCc2cccn2-c2ccc(Cl)cc21. The van der Waals surface area contributed by atoms with Gasteiger partial charge in [-0.2, -0.15) is 0 Å². The Kier molecular flexibility index (Phi) is 10.8. The molecule has 1 aliphatic rings. The van der Waals surface area contributed by atoms with Crippen LogP contribution in [-0.4, -0.2) is 23.4 Å². The van der Waals surface area contributed by atoms with Crippen LogP contribution < -0.4 is 4.74 Å². The van der Waals surface area contributed by atoms with Gasteiger partial charge in [0, 0.05) is 34.6 Å². The van der Waals surface area contributed by atoms with Crippen molar-refractivity contribution >= 4 is 11.6 Å². The molecular formula is C27H36ClNO3. The maximum Gasteiger partial charge on any atom is 0.127 e. The topological polar surface area (TPSA) is 43.6 Å². The molecule has 1 aliphatic heterocycles. The van der Waals surface area contributed by atoms with Gasteiger partial charge >= 0.3 is 0 Å². The lowest BCUT2D eigenvalue weighted by atomic mass is 9.97. The lowest BCUT2D eigenvalue weighted by molar-refractivity contribution is 0.0662. The summed E-state index contributed by atoms with van der Waals surface area (Å²) in [5.74, 6) is 0.861.